The van der Waals surface area contributed by atoms with E-state index < -0.39 is 0 Å². The van der Waals surface area contributed by atoms with Crippen molar-refractivity contribution in [1.29, 1.82) is 26.3 Å². The van der Waals surface area contributed by atoms with Crippen LogP contribution >= 0.6 is 0 Å². The van der Waals surface area contributed by atoms with Gasteiger partial charge in [0.1, 0.15) is 0 Å². The number of rotatable bonds is 2. The minimum atomic E-state index is -0.286. The molecule has 2 aliphatic rings. The lowest BCUT2D eigenvalue weighted by Gasteiger charge is -2.19. The van der Waals surface area contributed by atoms with Crippen molar-refractivity contribution in [2.75, 3.05) is 0 Å². The maximum Gasteiger partial charge on any atom is 0.270 e. The summed E-state index contributed by atoms with van der Waals surface area (Å²) in [5, 5.41) is 49.9. The van der Waals surface area contributed by atoms with E-state index in [0.717, 1.165) is 0 Å². The van der Waals surface area contributed by atoms with Crippen LogP contribution in [0, 0.1) is 89.5 Å². The molecule has 0 unspecified atom stereocenters. The van der Waals surface area contributed by atoms with Gasteiger partial charge in [-0.15, -0.1) is 0 Å². The minimum Gasteiger partial charge on any atom is -0.250 e. The fraction of sp³-hybridized carbons (Fsp3) is 0. The molecule has 4 aromatic carbocycles. The topological polar surface area (TPSA) is 141 Å². The van der Waals surface area contributed by atoms with E-state index in [-0.39, 0.29) is 56.3 Å². The molecule has 0 aliphatic heterocycles. The van der Waals surface area contributed by atoms with Crippen molar-refractivity contribution in [3.05, 3.63) is 168 Å². The molecule has 0 fully saturated rings. The van der Waals surface area contributed by atoms with Gasteiger partial charge >= 0.3 is 0 Å². The van der Waals surface area contributed by atoms with Gasteiger partial charge in [-0.3, -0.25) is 4.85 Å². The highest BCUT2D eigenvalue weighted by atomic mass is 14.8. The molecular formula is C40H10N10. The standard InChI is InChI=1S/C40H10N10/c1-46-30-14-21(12-23(16-41)29(30)18-43)25-8-6-10-27-34(25)38(32(19-44)48-3)37-28-11-7-9-26(35(28)39(36(27)37)33(20-45)49-4)22-13-24(17-42)40(50-5)31(15-22)47-2/h6-15H/b38-32-,39-33+. The zero-order valence-electron chi connectivity index (χ0n) is 25.2. The smallest absolute Gasteiger partial charge is 0.250 e. The lowest BCUT2D eigenvalue weighted by molar-refractivity contribution is 1.43. The second-order valence-electron chi connectivity index (χ2n) is 10.6. The van der Waals surface area contributed by atoms with E-state index in [4.69, 9.17) is 32.9 Å². The highest BCUT2D eigenvalue weighted by molar-refractivity contribution is 6.39. The van der Waals surface area contributed by atoms with Crippen LogP contribution < -0.4 is 0 Å². The Balaban J connectivity index is 1.76. The van der Waals surface area contributed by atoms with Gasteiger partial charge in [-0.25, -0.2) is 29.9 Å². The highest BCUT2D eigenvalue weighted by Crippen LogP contribution is 2.62. The minimum absolute atomic E-state index is 0.0240. The van der Waals surface area contributed by atoms with Gasteiger partial charge < -0.3 is 0 Å². The van der Waals surface area contributed by atoms with Gasteiger partial charge in [-0.2, -0.15) is 15.8 Å². The van der Waals surface area contributed by atoms with Gasteiger partial charge in [0.2, 0.25) is 11.4 Å². The summed E-state index contributed by atoms with van der Waals surface area (Å²) >= 11 is 0. The van der Waals surface area contributed by atoms with Crippen LogP contribution in [0.15, 0.2) is 72.1 Å². The Kier molecular flexibility index (Phi) is 7.48. The van der Waals surface area contributed by atoms with Crippen molar-refractivity contribution < 1.29 is 0 Å². The molecule has 0 heterocycles. The monoisotopic (exact) mass is 630 g/mol. The Morgan fingerprint density at radius 2 is 0.980 bits per heavy atom. The number of nitriles is 5. The third kappa shape index (κ3) is 4.26. The lowest BCUT2D eigenvalue weighted by atomic mass is 9.84. The largest absolute Gasteiger partial charge is 0.270 e. The number of hydrogen-bond donors (Lipinski definition) is 0. The molecule has 0 saturated heterocycles. The van der Waals surface area contributed by atoms with E-state index >= 15 is 0 Å². The Morgan fingerprint density at radius 1 is 0.520 bits per heavy atom. The first kappa shape index (κ1) is 31.0. The van der Waals surface area contributed by atoms with Gasteiger partial charge in [0.15, 0.2) is 5.69 Å². The van der Waals surface area contributed by atoms with Gasteiger partial charge in [0.25, 0.3) is 11.4 Å². The Labute approximate surface area is 285 Å². The molecule has 0 N–H and O–H groups in total. The van der Waals surface area contributed by atoms with Crippen molar-refractivity contribution in [3.8, 4) is 52.6 Å². The first-order chi connectivity index (χ1) is 24.4. The number of benzene rings is 4. The van der Waals surface area contributed by atoms with E-state index in [2.05, 4.69) is 24.2 Å². The molecule has 0 radical (unpaired) electrons. The predicted molar refractivity (Wildman–Crippen MR) is 182 cm³/mol. The third-order valence-corrected chi connectivity index (χ3v) is 8.36. The summed E-state index contributed by atoms with van der Waals surface area (Å²) < 4.78 is 0. The fourth-order valence-corrected chi connectivity index (χ4v) is 6.47. The normalized spacial score (nSPS) is 13.4. The predicted octanol–water partition coefficient (Wildman–Crippen LogP) is 9.53. The molecule has 4 aromatic rings. The molecule has 10 heteroatoms. The maximum absolute atomic E-state index is 10.3. The average molecular weight is 631 g/mol. The molecule has 0 atom stereocenters. The summed E-state index contributed by atoms with van der Waals surface area (Å²) in [4.78, 5) is 17.4. The van der Waals surface area contributed by atoms with Gasteiger partial charge in [0.05, 0.1) is 74.3 Å². The summed E-state index contributed by atoms with van der Waals surface area (Å²) in [7, 11) is 0. The molecule has 0 bridgehead atoms. The van der Waals surface area contributed by atoms with Crippen LogP contribution in [0.25, 0.3) is 68.8 Å². The molecule has 0 aromatic heterocycles. The van der Waals surface area contributed by atoms with E-state index in [1.165, 1.54) is 24.3 Å². The van der Waals surface area contributed by atoms with Crippen molar-refractivity contribution in [2.24, 2.45) is 0 Å². The SMILES string of the molecule is [C-]#[N+]/C(C#N)=C1C2=C(/C(=C(\C#N)[N+]#[C-])c3c2cccc3-c2cc(C#N)c([N+]#[C-])c([N+]#[C-])c2)c2cccc(-c3cc(C#N)c(C#N)c([N+]#[C-])c3)c2\1. The van der Waals surface area contributed by atoms with Crippen LogP contribution in [-0.4, -0.2) is 0 Å². The highest BCUT2D eigenvalue weighted by Gasteiger charge is 2.41. The third-order valence-electron chi connectivity index (χ3n) is 8.36. The number of fused-ring (bicyclic) bond motifs is 4. The molecule has 2 aliphatic carbocycles. The van der Waals surface area contributed by atoms with Crippen molar-refractivity contribution in [1.82, 2.24) is 0 Å². The summed E-state index contributed by atoms with van der Waals surface area (Å²) in [6.45, 7) is 38.8. The van der Waals surface area contributed by atoms with E-state index in [1.54, 1.807) is 36.4 Å². The van der Waals surface area contributed by atoms with Gasteiger partial charge in [-0.05, 0) is 73.9 Å². The van der Waals surface area contributed by atoms with Crippen LogP contribution in [0.2, 0.25) is 0 Å². The maximum atomic E-state index is 10.3. The van der Waals surface area contributed by atoms with E-state index in [1.807, 2.05) is 30.3 Å². The molecular weight excluding hydrogens is 621 g/mol. The molecule has 0 amide bonds. The molecule has 6 rings (SSSR count). The van der Waals surface area contributed by atoms with Crippen LogP contribution in [-0.2, 0) is 0 Å². The van der Waals surface area contributed by atoms with Crippen molar-refractivity contribution in [2.45, 2.75) is 0 Å². The van der Waals surface area contributed by atoms with Gasteiger partial charge in [0, 0.05) is 16.7 Å². The zero-order chi connectivity index (χ0) is 35.7. The molecule has 50 heavy (non-hydrogen) atoms. The fourth-order valence-electron chi connectivity index (χ4n) is 6.47. The quantitative estimate of drug-likeness (QED) is 0.160. The van der Waals surface area contributed by atoms with Crippen LogP contribution in [0.4, 0.5) is 17.1 Å². The second kappa shape index (κ2) is 12.1. The number of nitrogens with zero attached hydrogens (tertiary/aromatic N) is 10. The first-order valence-electron chi connectivity index (χ1n) is 14.2. The van der Waals surface area contributed by atoms with Gasteiger partial charge in [-0.1, -0.05) is 42.5 Å². The van der Waals surface area contributed by atoms with E-state index in [0.29, 0.717) is 55.7 Å². The van der Waals surface area contributed by atoms with Crippen LogP contribution in [0.5, 0.6) is 0 Å². The molecule has 0 spiro atoms. The Hall–Kier alpha value is -9.00. The summed E-state index contributed by atoms with van der Waals surface area (Å²) in [5.41, 5.74) is 3.80. The second-order valence-corrected chi connectivity index (χ2v) is 10.6. The lowest BCUT2D eigenvalue weighted by Crippen LogP contribution is -1.99. The van der Waals surface area contributed by atoms with E-state index in [9.17, 15) is 26.3 Å². The zero-order valence-corrected chi connectivity index (χ0v) is 25.2. The Bertz CT molecular complexity index is 2560. The van der Waals surface area contributed by atoms with Crippen LogP contribution in [0.1, 0.15) is 38.9 Å². The molecule has 10 nitrogen and oxygen atoms in total. The summed E-state index contributed by atoms with van der Waals surface area (Å²) in [6, 6.07) is 26.0. The summed E-state index contributed by atoms with van der Waals surface area (Å²) in [6.07, 6.45) is 0. The number of hydrogen-bond acceptors (Lipinski definition) is 5. The van der Waals surface area contributed by atoms with Crippen LogP contribution in [0.3, 0.4) is 0 Å². The molecule has 220 valence electrons. The average Bonchev–Trinajstić information content (AvgIpc) is 3.68. The Morgan fingerprint density at radius 3 is 1.38 bits per heavy atom. The van der Waals surface area contributed by atoms with Crippen molar-refractivity contribution >= 4 is 39.4 Å². The van der Waals surface area contributed by atoms with Crippen molar-refractivity contribution in [3.63, 3.8) is 0 Å². The first-order valence-corrected chi connectivity index (χ1v) is 14.2. The number of allylic oxidation sites excluding steroid dienone is 6. The summed E-state index contributed by atoms with van der Waals surface area (Å²) in [5.74, 6) is 0. The molecule has 0 saturated carbocycles.